The highest BCUT2D eigenvalue weighted by molar-refractivity contribution is 9.11. The van der Waals surface area contributed by atoms with Crippen molar-refractivity contribution in [1.29, 1.82) is 0 Å². The van der Waals surface area contributed by atoms with E-state index in [2.05, 4.69) is 48.1 Å². The largest absolute Gasteiger partial charge is 0.335 e. The summed E-state index contributed by atoms with van der Waals surface area (Å²) < 4.78 is 3.61. The molecule has 0 spiro atoms. The number of benzene rings is 1. The molecule has 3 rings (SSSR count). The Morgan fingerprint density at radius 1 is 1.14 bits per heavy atom. The second-order valence-electron chi connectivity index (χ2n) is 4.15. The molecule has 8 heteroatoms. The lowest BCUT2D eigenvalue weighted by Crippen LogP contribution is -2.11. The lowest BCUT2D eigenvalue weighted by molar-refractivity contribution is 0.849. The van der Waals surface area contributed by atoms with Crippen molar-refractivity contribution in [2.45, 2.75) is 10.9 Å². The summed E-state index contributed by atoms with van der Waals surface area (Å²) in [5.41, 5.74) is 0.929. The van der Waals surface area contributed by atoms with Gasteiger partial charge < -0.3 is 5.84 Å². The fourth-order valence-corrected chi connectivity index (χ4v) is 4.61. The van der Waals surface area contributed by atoms with E-state index in [1.54, 1.807) is 23.1 Å². The average molecular weight is 446 g/mol. The fourth-order valence-electron chi connectivity index (χ4n) is 1.77. The molecule has 0 unspecified atom stereocenters. The van der Waals surface area contributed by atoms with Crippen LogP contribution in [0.3, 0.4) is 0 Å². The van der Waals surface area contributed by atoms with Crippen LogP contribution in [0.15, 0.2) is 49.8 Å². The number of aromatic nitrogens is 3. The van der Waals surface area contributed by atoms with Crippen molar-refractivity contribution in [3.63, 3.8) is 0 Å². The third-order valence-corrected chi connectivity index (χ3v) is 6.24. The normalized spacial score (nSPS) is 11.0. The van der Waals surface area contributed by atoms with E-state index >= 15 is 0 Å². The zero-order chi connectivity index (χ0) is 14.8. The van der Waals surface area contributed by atoms with E-state index in [-0.39, 0.29) is 0 Å². The average Bonchev–Trinajstić information content (AvgIpc) is 3.04. The summed E-state index contributed by atoms with van der Waals surface area (Å²) >= 11 is 10.3. The quantitative estimate of drug-likeness (QED) is 0.473. The Kier molecular flexibility index (Phi) is 4.68. The highest BCUT2D eigenvalue weighted by atomic mass is 79.9. The highest BCUT2D eigenvalue weighted by Gasteiger charge is 2.14. The van der Waals surface area contributed by atoms with Crippen LogP contribution < -0.4 is 5.84 Å². The van der Waals surface area contributed by atoms with E-state index in [1.165, 1.54) is 9.55 Å². The molecule has 0 aliphatic rings. The molecular weight excluding hydrogens is 436 g/mol. The summed E-state index contributed by atoms with van der Waals surface area (Å²) in [6.45, 7) is 0. The third kappa shape index (κ3) is 3.33. The van der Waals surface area contributed by atoms with Gasteiger partial charge in [0, 0.05) is 20.7 Å². The minimum Gasteiger partial charge on any atom is -0.335 e. The molecule has 0 saturated carbocycles. The van der Waals surface area contributed by atoms with Crippen LogP contribution in [0.5, 0.6) is 0 Å². The second-order valence-corrected chi connectivity index (χ2v) is 8.49. The van der Waals surface area contributed by atoms with Crippen LogP contribution in [-0.4, -0.2) is 14.9 Å². The molecule has 21 heavy (non-hydrogen) atoms. The van der Waals surface area contributed by atoms with Crippen LogP contribution in [0.25, 0.3) is 11.4 Å². The SMILES string of the molecule is Nn1c(SCc2ccc(Br)s2)nnc1-c1ccccc1Br. The summed E-state index contributed by atoms with van der Waals surface area (Å²) in [5.74, 6) is 7.59. The summed E-state index contributed by atoms with van der Waals surface area (Å²) in [6, 6.07) is 12.0. The van der Waals surface area contributed by atoms with E-state index in [0.717, 1.165) is 19.6 Å². The lowest BCUT2D eigenvalue weighted by Gasteiger charge is -2.04. The Balaban J connectivity index is 1.81. The van der Waals surface area contributed by atoms with Crippen LogP contribution in [0.4, 0.5) is 0 Å². The van der Waals surface area contributed by atoms with Gasteiger partial charge in [0.1, 0.15) is 0 Å². The number of thiophene rings is 1. The zero-order valence-corrected chi connectivity index (χ0v) is 15.5. The van der Waals surface area contributed by atoms with Gasteiger partial charge >= 0.3 is 0 Å². The van der Waals surface area contributed by atoms with Crippen molar-refractivity contribution >= 4 is 55.0 Å². The van der Waals surface area contributed by atoms with Crippen LogP contribution in [0.1, 0.15) is 4.88 Å². The van der Waals surface area contributed by atoms with E-state index in [9.17, 15) is 0 Å². The van der Waals surface area contributed by atoms with E-state index in [0.29, 0.717) is 11.0 Å². The second kappa shape index (κ2) is 6.51. The number of rotatable bonds is 4. The molecule has 0 amide bonds. The van der Waals surface area contributed by atoms with Crippen molar-refractivity contribution in [2.75, 3.05) is 5.84 Å². The number of thioether (sulfide) groups is 1. The molecule has 108 valence electrons. The van der Waals surface area contributed by atoms with Gasteiger partial charge in [-0.25, -0.2) is 4.68 Å². The molecule has 0 radical (unpaired) electrons. The van der Waals surface area contributed by atoms with Crippen molar-refractivity contribution in [3.05, 3.63) is 49.5 Å². The molecule has 0 bridgehead atoms. The molecule has 0 saturated heterocycles. The molecule has 0 aliphatic carbocycles. The topological polar surface area (TPSA) is 56.7 Å². The molecular formula is C13H10Br2N4S2. The monoisotopic (exact) mass is 444 g/mol. The minimum absolute atomic E-state index is 0.650. The summed E-state index contributed by atoms with van der Waals surface area (Å²) in [4.78, 5) is 1.26. The van der Waals surface area contributed by atoms with Crippen LogP contribution in [-0.2, 0) is 5.75 Å². The van der Waals surface area contributed by atoms with Gasteiger partial charge in [0.2, 0.25) is 5.16 Å². The van der Waals surface area contributed by atoms with Gasteiger partial charge in [0.25, 0.3) is 0 Å². The smallest absolute Gasteiger partial charge is 0.210 e. The van der Waals surface area contributed by atoms with E-state index < -0.39 is 0 Å². The third-order valence-electron chi connectivity index (χ3n) is 2.75. The predicted molar refractivity (Wildman–Crippen MR) is 94.9 cm³/mol. The molecule has 0 fully saturated rings. The Labute approximate surface area is 147 Å². The summed E-state index contributed by atoms with van der Waals surface area (Å²) in [6.07, 6.45) is 0. The van der Waals surface area contributed by atoms with Gasteiger partial charge in [0.05, 0.1) is 3.79 Å². The Bertz CT molecular complexity index is 769. The van der Waals surface area contributed by atoms with Crippen molar-refractivity contribution < 1.29 is 0 Å². The molecule has 1 aromatic carbocycles. The van der Waals surface area contributed by atoms with Gasteiger partial charge in [-0.15, -0.1) is 21.5 Å². The standard InChI is InChI=1S/C13H10Br2N4S2/c14-10-4-2-1-3-9(10)12-17-18-13(19(12)16)20-7-8-5-6-11(15)21-8/h1-6H,7,16H2. The number of hydrogen-bond acceptors (Lipinski definition) is 5. The van der Waals surface area contributed by atoms with Gasteiger partial charge in [-0.1, -0.05) is 39.8 Å². The Morgan fingerprint density at radius 3 is 2.67 bits per heavy atom. The van der Waals surface area contributed by atoms with Gasteiger partial charge in [0.15, 0.2) is 5.82 Å². The molecule has 4 nitrogen and oxygen atoms in total. The predicted octanol–water partition coefficient (Wildman–Crippen LogP) is 4.54. The minimum atomic E-state index is 0.650. The first-order chi connectivity index (χ1) is 10.1. The molecule has 3 aromatic rings. The molecule has 2 aromatic heterocycles. The summed E-state index contributed by atoms with van der Waals surface area (Å²) in [5, 5.41) is 9.07. The number of nitrogens with zero attached hydrogens (tertiary/aromatic N) is 3. The van der Waals surface area contributed by atoms with Gasteiger partial charge in [-0.3, -0.25) is 0 Å². The lowest BCUT2D eigenvalue weighted by atomic mass is 10.2. The Hall–Kier alpha value is -0.830. The van der Waals surface area contributed by atoms with E-state index in [4.69, 9.17) is 5.84 Å². The van der Waals surface area contributed by atoms with Crippen LogP contribution in [0, 0.1) is 0 Å². The van der Waals surface area contributed by atoms with Crippen LogP contribution in [0.2, 0.25) is 0 Å². The molecule has 0 aliphatic heterocycles. The molecule has 0 atom stereocenters. The fraction of sp³-hybridized carbons (Fsp3) is 0.0769. The first-order valence-corrected chi connectivity index (χ1v) is 9.36. The highest BCUT2D eigenvalue weighted by Crippen LogP contribution is 2.31. The number of nitrogens with two attached hydrogens (primary N) is 1. The zero-order valence-electron chi connectivity index (χ0n) is 10.7. The number of halogens is 2. The van der Waals surface area contributed by atoms with Crippen molar-refractivity contribution in [1.82, 2.24) is 14.9 Å². The van der Waals surface area contributed by atoms with Crippen molar-refractivity contribution in [3.8, 4) is 11.4 Å². The van der Waals surface area contributed by atoms with Crippen LogP contribution >= 0.6 is 55.0 Å². The number of nitrogen functional groups attached to an aromatic ring is 1. The first-order valence-electron chi connectivity index (χ1n) is 5.97. The summed E-state index contributed by atoms with van der Waals surface area (Å²) in [7, 11) is 0. The maximum Gasteiger partial charge on any atom is 0.210 e. The molecule has 2 N–H and O–H groups in total. The number of hydrogen-bond donors (Lipinski definition) is 1. The van der Waals surface area contributed by atoms with E-state index in [1.807, 2.05) is 30.3 Å². The Morgan fingerprint density at radius 2 is 1.95 bits per heavy atom. The maximum absolute atomic E-state index is 6.12. The van der Waals surface area contributed by atoms with Crippen molar-refractivity contribution in [2.24, 2.45) is 0 Å². The van der Waals surface area contributed by atoms with Gasteiger partial charge in [-0.05, 0) is 40.2 Å². The van der Waals surface area contributed by atoms with Gasteiger partial charge in [-0.2, -0.15) is 0 Å². The first kappa shape index (κ1) is 15.1. The molecule has 2 heterocycles. The maximum atomic E-state index is 6.12.